The van der Waals surface area contributed by atoms with Gasteiger partial charge in [-0.3, -0.25) is 18.1 Å². The second kappa shape index (κ2) is 18.3. The van der Waals surface area contributed by atoms with Crippen molar-refractivity contribution in [3.63, 3.8) is 0 Å². The molecule has 3 aliphatic rings. The second-order valence-corrected chi connectivity index (χ2v) is 19.9. The van der Waals surface area contributed by atoms with Crippen LogP contribution in [-0.2, 0) is 54.9 Å². The molecule has 0 fully saturated rings. The van der Waals surface area contributed by atoms with Gasteiger partial charge in [-0.2, -0.15) is 25.3 Å². The number of benzene rings is 2. The zero-order valence-electron chi connectivity index (χ0n) is 33.1. The van der Waals surface area contributed by atoms with Crippen LogP contribution in [0.25, 0.3) is 17.4 Å². The highest BCUT2D eigenvalue weighted by atomic mass is 32.2. The molecule has 3 N–H and O–H groups in total. The minimum atomic E-state index is -4.61. The van der Waals surface area contributed by atoms with Crippen molar-refractivity contribution in [2.45, 2.75) is 76.0 Å². The number of anilines is 1. The van der Waals surface area contributed by atoms with Crippen LogP contribution < -0.4 is 14.8 Å². The Hall–Kier alpha value is -3.91. The lowest BCUT2D eigenvalue weighted by atomic mass is 9.77. The quantitative estimate of drug-likeness (QED) is 0.0632. The summed E-state index contributed by atoms with van der Waals surface area (Å²) in [6.07, 6.45) is 5.68. The largest absolute Gasteiger partial charge is 0.481 e. The standard InChI is InChI=1S/C39H52N2O13S3/c1-7-40(19-10-24-56(47,48)52-6)28-13-15-31-32(38(2,3)4)26-29(54-35(31)25-28)11-8-12-36-39(5,18-9-23-55(44,45)46)33-27-30(57(49,50)51)14-16-34(33)41(36)20-22-53-21-17-37(42)43/h8,11-16,25-27H,7,9-10,17-24H2,1-6H3,(H2-,42,43,44,45,46,49,50,51)/p+1. The van der Waals surface area contributed by atoms with Gasteiger partial charge in [-0.25, -0.2) is 4.58 Å². The molecule has 1 unspecified atom stereocenters. The highest BCUT2D eigenvalue weighted by Crippen LogP contribution is 2.51. The van der Waals surface area contributed by atoms with Crippen molar-refractivity contribution in [1.82, 2.24) is 4.58 Å². The lowest BCUT2D eigenvalue weighted by Gasteiger charge is -2.30. The van der Waals surface area contributed by atoms with E-state index in [0.717, 1.165) is 23.6 Å². The molecule has 57 heavy (non-hydrogen) atoms. The summed E-state index contributed by atoms with van der Waals surface area (Å²) in [5.41, 5.74) is 2.31. The molecule has 4 rings (SSSR count). The van der Waals surface area contributed by atoms with E-state index in [4.69, 9.17) is 14.3 Å². The fraction of sp³-hybridized carbons (Fsp3) is 0.487. The van der Waals surface area contributed by atoms with Gasteiger partial charge >= 0.3 is 5.97 Å². The molecule has 0 saturated heterocycles. The smallest absolute Gasteiger partial charge is 0.305 e. The molecule has 1 aromatic rings. The Morgan fingerprint density at radius 1 is 0.982 bits per heavy atom. The van der Waals surface area contributed by atoms with Crippen molar-refractivity contribution >= 4 is 48.1 Å². The predicted octanol–water partition coefficient (Wildman–Crippen LogP) is 4.92. The molecule has 0 saturated carbocycles. The van der Waals surface area contributed by atoms with Crippen molar-refractivity contribution in [2.75, 3.05) is 56.4 Å². The zero-order chi connectivity index (χ0) is 42.4. The molecular formula is C39H53N2O13S3+. The highest BCUT2D eigenvalue weighted by Gasteiger charge is 2.43. The Labute approximate surface area is 335 Å². The SMILES string of the molecule is CC[N+](CCCS(=O)(=O)OC)=c1ccc2c(C(C)(C)C)cc(C=CC=C3N(CCOCCC(=O)O)c4ccc(S(=O)(=O)O)cc4C3(C)CCCS(=O)(=O)O)oc-2c1. The van der Waals surface area contributed by atoms with Crippen LogP contribution in [0.1, 0.15) is 77.2 Å². The van der Waals surface area contributed by atoms with Gasteiger partial charge in [0.1, 0.15) is 24.6 Å². The van der Waals surface area contributed by atoms with Crippen molar-refractivity contribution < 1.29 is 57.6 Å². The molecule has 2 heterocycles. The van der Waals surface area contributed by atoms with Gasteiger partial charge in [0.15, 0.2) is 0 Å². The molecule has 2 aliphatic heterocycles. The Bertz CT molecular complexity index is 2380. The van der Waals surface area contributed by atoms with Crippen LogP contribution in [0.5, 0.6) is 0 Å². The van der Waals surface area contributed by atoms with Gasteiger partial charge in [0.25, 0.3) is 30.4 Å². The van der Waals surface area contributed by atoms with Crippen molar-refractivity contribution in [2.24, 2.45) is 0 Å². The maximum Gasteiger partial charge on any atom is 0.305 e. The molecule has 1 aromatic carbocycles. The third kappa shape index (κ3) is 12.1. The molecule has 15 nitrogen and oxygen atoms in total. The summed E-state index contributed by atoms with van der Waals surface area (Å²) >= 11 is 0. The molecule has 0 radical (unpaired) electrons. The van der Waals surface area contributed by atoms with E-state index in [1.54, 1.807) is 24.3 Å². The summed E-state index contributed by atoms with van der Waals surface area (Å²) in [5, 5.41) is 9.90. The van der Waals surface area contributed by atoms with E-state index in [1.165, 1.54) is 12.1 Å². The fourth-order valence-electron chi connectivity index (χ4n) is 7.03. The summed E-state index contributed by atoms with van der Waals surface area (Å²) in [4.78, 5) is 12.6. The molecule has 0 bridgehead atoms. The van der Waals surface area contributed by atoms with Gasteiger partial charge in [0.2, 0.25) is 5.36 Å². The highest BCUT2D eigenvalue weighted by molar-refractivity contribution is 7.86. The first-order valence-electron chi connectivity index (χ1n) is 18.5. The number of allylic oxidation sites excluding steroid dienone is 3. The molecule has 314 valence electrons. The van der Waals surface area contributed by atoms with Gasteiger partial charge in [-0.05, 0) is 85.7 Å². The van der Waals surface area contributed by atoms with Crippen molar-refractivity contribution in [3.05, 3.63) is 82.6 Å². The Morgan fingerprint density at radius 2 is 1.70 bits per heavy atom. The number of hydrogen-bond acceptors (Lipinski definition) is 11. The maximum atomic E-state index is 12.2. The number of carbonyl (C=O) groups is 1. The minimum absolute atomic E-state index is 0.0170. The summed E-state index contributed by atoms with van der Waals surface area (Å²) in [5.74, 6) is -0.544. The first-order chi connectivity index (χ1) is 26.5. The first kappa shape index (κ1) is 45.8. The molecule has 0 aromatic heterocycles. The van der Waals surface area contributed by atoms with Crippen LogP contribution in [0.3, 0.4) is 0 Å². The minimum Gasteiger partial charge on any atom is -0.481 e. The van der Waals surface area contributed by atoms with E-state index in [0.29, 0.717) is 48.0 Å². The third-order valence-electron chi connectivity index (χ3n) is 9.92. The Kier molecular flexibility index (Phi) is 14.7. The van der Waals surface area contributed by atoms with Crippen molar-refractivity contribution in [1.29, 1.82) is 0 Å². The lowest BCUT2D eigenvalue weighted by molar-refractivity contribution is -0.138. The van der Waals surface area contributed by atoms with E-state index in [2.05, 4.69) is 29.5 Å². The number of hydrogen-bond donors (Lipinski definition) is 3. The van der Waals surface area contributed by atoms with Crippen LogP contribution in [0.15, 0.2) is 69.6 Å². The summed E-state index contributed by atoms with van der Waals surface area (Å²) < 4.78 is 110. The molecule has 1 atom stereocenters. The molecule has 1 aliphatic carbocycles. The number of nitrogens with zero attached hydrogens (tertiary/aromatic N) is 2. The molecule has 0 spiro atoms. The Balaban J connectivity index is 1.84. The molecule has 0 amide bonds. The number of ether oxygens (including phenoxy) is 1. The third-order valence-corrected chi connectivity index (χ3v) is 12.9. The second-order valence-electron chi connectivity index (χ2n) is 15.0. The van der Waals surface area contributed by atoms with E-state index in [-0.39, 0.29) is 55.1 Å². The first-order valence-corrected chi connectivity index (χ1v) is 23.1. The number of carboxylic acid groups (broad SMARTS) is 1. The van der Waals surface area contributed by atoms with Gasteiger partial charge < -0.3 is 19.2 Å². The number of carboxylic acids is 1. The number of aliphatic carboxylic acids is 1. The average Bonchev–Trinajstić information content (AvgIpc) is 3.34. The monoisotopic (exact) mass is 853 g/mol. The normalized spacial score (nSPS) is 17.8. The summed E-state index contributed by atoms with van der Waals surface area (Å²) in [6.45, 7) is 11.4. The van der Waals surface area contributed by atoms with Crippen LogP contribution >= 0.6 is 0 Å². The average molecular weight is 854 g/mol. The molecule has 18 heteroatoms. The fourth-order valence-corrected chi connectivity index (χ4v) is 8.70. The van der Waals surface area contributed by atoms with Gasteiger partial charge in [-0.1, -0.05) is 26.8 Å². The van der Waals surface area contributed by atoms with Crippen molar-refractivity contribution in [3.8, 4) is 11.3 Å². The lowest BCUT2D eigenvalue weighted by Crippen LogP contribution is -2.32. The maximum absolute atomic E-state index is 12.2. The molecular weight excluding hydrogens is 801 g/mol. The van der Waals surface area contributed by atoms with Gasteiger partial charge in [0, 0.05) is 41.4 Å². The van der Waals surface area contributed by atoms with Crippen LogP contribution in [0.4, 0.5) is 5.69 Å². The van der Waals surface area contributed by atoms with E-state index in [9.17, 15) is 39.2 Å². The predicted molar refractivity (Wildman–Crippen MR) is 217 cm³/mol. The Morgan fingerprint density at radius 3 is 2.32 bits per heavy atom. The number of fused-ring (bicyclic) bond motifs is 2. The van der Waals surface area contributed by atoms with E-state index in [1.807, 2.05) is 43.0 Å². The van der Waals surface area contributed by atoms with Crippen LogP contribution in [0.2, 0.25) is 0 Å². The zero-order valence-corrected chi connectivity index (χ0v) is 35.5. The summed E-state index contributed by atoms with van der Waals surface area (Å²) in [6, 6.07) is 12.0. The summed E-state index contributed by atoms with van der Waals surface area (Å²) in [7, 11) is -11.4. The van der Waals surface area contributed by atoms with Gasteiger partial charge in [0.05, 0.1) is 49.2 Å². The van der Waals surface area contributed by atoms with Crippen LogP contribution in [-0.4, -0.2) is 96.9 Å². The van der Waals surface area contributed by atoms with Gasteiger partial charge in [-0.15, -0.1) is 0 Å². The van der Waals surface area contributed by atoms with E-state index < -0.39 is 47.5 Å². The topological polar surface area (TPSA) is 218 Å². The number of rotatable bonds is 19. The van der Waals surface area contributed by atoms with E-state index >= 15 is 0 Å². The van der Waals surface area contributed by atoms with Crippen LogP contribution in [0, 0.1) is 0 Å².